The number of imide groups is 1. The molecule has 1 aromatic carbocycles. The number of anilines is 1. The van der Waals surface area contributed by atoms with Gasteiger partial charge in [0.15, 0.2) is 5.82 Å². The molecule has 0 aromatic heterocycles. The van der Waals surface area contributed by atoms with Crippen LogP contribution in [0.2, 0.25) is 5.02 Å². The molecular weight excluding hydrogens is 324 g/mol. The average molecular weight is 334 g/mol. The topological polar surface area (TPSA) is 90.0 Å². The summed E-state index contributed by atoms with van der Waals surface area (Å²) in [6.07, 6.45) is -1.61. The number of urea groups is 1. The highest BCUT2D eigenvalue weighted by Gasteiger charge is 2.42. The number of carbonyl (C=O) groups is 3. The monoisotopic (exact) mass is 333 g/mol. The van der Waals surface area contributed by atoms with Crippen molar-refractivity contribution in [2.45, 2.75) is 6.04 Å². The number of nitrogens with zero attached hydrogens (tertiary/aromatic N) is 2. The van der Waals surface area contributed by atoms with Gasteiger partial charge in [-0.2, -0.15) is 0 Å². The van der Waals surface area contributed by atoms with Crippen LogP contribution in [-0.4, -0.2) is 47.7 Å². The summed E-state index contributed by atoms with van der Waals surface area (Å²) < 4.78 is 27.0. The molecule has 1 heterocycles. The number of hydrogen-bond acceptors (Lipinski definition) is 3. The lowest BCUT2D eigenvalue weighted by molar-refractivity contribution is -0.121. The third-order valence-electron chi connectivity index (χ3n) is 3.17. The van der Waals surface area contributed by atoms with Crippen molar-refractivity contribution in [1.29, 1.82) is 0 Å². The molecule has 0 bridgehead atoms. The maximum Gasteiger partial charge on any atom is 0.416 e. The van der Waals surface area contributed by atoms with Gasteiger partial charge in [0.25, 0.3) is 5.91 Å². The molecule has 1 aliphatic rings. The van der Waals surface area contributed by atoms with E-state index in [0.29, 0.717) is 4.90 Å². The van der Waals surface area contributed by atoms with Gasteiger partial charge >= 0.3 is 12.1 Å². The largest absolute Gasteiger partial charge is 0.465 e. The van der Waals surface area contributed by atoms with Crippen LogP contribution in [0.4, 0.5) is 24.1 Å². The second-order valence-corrected chi connectivity index (χ2v) is 4.82. The first kappa shape index (κ1) is 16.0. The van der Waals surface area contributed by atoms with Gasteiger partial charge in [-0.25, -0.2) is 23.3 Å². The van der Waals surface area contributed by atoms with E-state index >= 15 is 0 Å². The number of carboxylic acid groups (broad SMARTS) is 1. The standard InChI is InChI=1S/C12H10ClF2N3O4/c1-17(6-3-2-5(14)8(13)9(6)15)10(19)7-4-16-11(20)18(7)12(21)22/h2-3,7H,4H2,1H3,(H,16,20)(H,21,22)/t7-/m0/s1. The highest BCUT2D eigenvalue weighted by molar-refractivity contribution is 6.31. The normalized spacial score (nSPS) is 17.4. The van der Waals surface area contributed by atoms with E-state index < -0.39 is 40.7 Å². The number of carbonyl (C=O) groups excluding carboxylic acids is 2. The zero-order valence-electron chi connectivity index (χ0n) is 11.1. The van der Waals surface area contributed by atoms with Gasteiger partial charge in [0.05, 0.1) is 5.69 Å². The summed E-state index contributed by atoms with van der Waals surface area (Å²) in [5.74, 6) is -3.01. The molecule has 0 aliphatic carbocycles. The third-order valence-corrected chi connectivity index (χ3v) is 3.52. The Labute approximate surface area is 128 Å². The minimum Gasteiger partial charge on any atom is -0.465 e. The Morgan fingerprint density at radius 1 is 1.45 bits per heavy atom. The maximum atomic E-state index is 13.9. The summed E-state index contributed by atoms with van der Waals surface area (Å²) in [5.41, 5.74) is -0.332. The van der Waals surface area contributed by atoms with Crippen LogP contribution in [0.15, 0.2) is 12.1 Å². The SMILES string of the molecule is CN(C(=O)[C@@H]1CNC(=O)N1C(=O)O)c1ccc(F)c(Cl)c1F. The van der Waals surface area contributed by atoms with Crippen molar-refractivity contribution < 1.29 is 28.3 Å². The van der Waals surface area contributed by atoms with Crippen LogP contribution >= 0.6 is 11.6 Å². The zero-order chi connectivity index (χ0) is 16.6. The van der Waals surface area contributed by atoms with E-state index in [4.69, 9.17) is 16.7 Å². The van der Waals surface area contributed by atoms with Gasteiger partial charge in [-0.05, 0) is 12.1 Å². The number of halogens is 3. The fourth-order valence-electron chi connectivity index (χ4n) is 2.04. The third kappa shape index (κ3) is 2.54. The first-order valence-corrected chi connectivity index (χ1v) is 6.34. The Balaban J connectivity index is 2.32. The Morgan fingerprint density at radius 3 is 2.68 bits per heavy atom. The predicted molar refractivity (Wildman–Crippen MR) is 71.8 cm³/mol. The second kappa shape index (κ2) is 5.76. The fourth-order valence-corrected chi connectivity index (χ4v) is 2.20. The molecular formula is C12H10ClF2N3O4. The van der Waals surface area contributed by atoms with Crippen molar-refractivity contribution in [1.82, 2.24) is 10.2 Å². The van der Waals surface area contributed by atoms with Crippen molar-refractivity contribution in [3.63, 3.8) is 0 Å². The van der Waals surface area contributed by atoms with Crippen LogP contribution in [0.25, 0.3) is 0 Å². The lowest BCUT2D eigenvalue weighted by Gasteiger charge is -2.24. The minimum atomic E-state index is -1.61. The van der Waals surface area contributed by atoms with Gasteiger partial charge in [0.2, 0.25) is 0 Å². The van der Waals surface area contributed by atoms with E-state index in [-0.39, 0.29) is 12.2 Å². The van der Waals surface area contributed by atoms with Crippen LogP contribution in [-0.2, 0) is 4.79 Å². The first-order valence-electron chi connectivity index (χ1n) is 5.96. The molecule has 2 N–H and O–H groups in total. The van der Waals surface area contributed by atoms with Crippen LogP contribution < -0.4 is 10.2 Å². The highest BCUT2D eigenvalue weighted by atomic mass is 35.5. The number of amides is 4. The van der Waals surface area contributed by atoms with Crippen LogP contribution in [0.3, 0.4) is 0 Å². The smallest absolute Gasteiger partial charge is 0.416 e. The molecule has 1 aromatic rings. The summed E-state index contributed by atoms with van der Waals surface area (Å²) >= 11 is 5.43. The molecule has 2 rings (SSSR count). The molecule has 22 heavy (non-hydrogen) atoms. The van der Waals surface area contributed by atoms with Gasteiger partial charge in [-0.15, -0.1) is 0 Å². The van der Waals surface area contributed by atoms with Crippen molar-refractivity contribution in [3.8, 4) is 0 Å². The highest BCUT2D eigenvalue weighted by Crippen LogP contribution is 2.28. The average Bonchev–Trinajstić information content (AvgIpc) is 2.85. The molecule has 118 valence electrons. The molecule has 1 atom stereocenters. The molecule has 10 heteroatoms. The van der Waals surface area contributed by atoms with Crippen molar-refractivity contribution >= 4 is 35.3 Å². The number of rotatable bonds is 2. The van der Waals surface area contributed by atoms with Gasteiger partial charge in [-0.1, -0.05) is 11.6 Å². The predicted octanol–water partition coefficient (Wildman–Crippen LogP) is 1.65. The Bertz CT molecular complexity index is 670. The van der Waals surface area contributed by atoms with Crippen LogP contribution in [0.5, 0.6) is 0 Å². The number of nitrogens with one attached hydrogen (secondary N) is 1. The molecule has 1 fully saturated rings. The molecule has 0 radical (unpaired) electrons. The van der Waals surface area contributed by atoms with E-state index in [9.17, 15) is 23.2 Å². The van der Waals surface area contributed by atoms with Gasteiger partial charge < -0.3 is 15.3 Å². The van der Waals surface area contributed by atoms with Gasteiger partial charge in [0.1, 0.15) is 16.9 Å². The van der Waals surface area contributed by atoms with E-state index in [1.165, 1.54) is 0 Å². The summed E-state index contributed by atoms with van der Waals surface area (Å²) in [7, 11) is 1.16. The van der Waals surface area contributed by atoms with Crippen LogP contribution in [0, 0.1) is 11.6 Å². The van der Waals surface area contributed by atoms with E-state index in [1.807, 2.05) is 0 Å². The number of hydrogen-bond donors (Lipinski definition) is 2. The first-order chi connectivity index (χ1) is 10.3. The molecule has 1 aliphatic heterocycles. The fraction of sp³-hybridized carbons (Fsp3) is 0.250. The van der Waals surface area contributed by atoms with Crippen LogP contribution in [0.1, 0.15) is 0 Å². The zero-order valence-corrected chi connectivity index (χ0v) is 11.9. The lowest BCUT2D eigenvalue weighted by Crippen LogP contribution is -2.48. The summed E-state index contributed by atoms with van der Waals surface area (Å²) in [6.45, 7) is -0.245. The van der Waals surface area contributed by atoms with E-state index in [2.05, 4.69) is 5.32 Å². The number of likely N-dealkylation sites (N-methyl/N-ethyl adjacent to an activating group) is 1. The Morgan fingerprint density at radius 2 is 2.09 bits per heavy atom. The summed E-state index contributed by atoms with van der Waals surface area (Å²) in [6, 6.07) is -0.434. The van der Waals surface area contributed by atoms with Crippen molar-refractivity contribution in [3.05, 3.63) is 28.8 Å². The second-order valence-electron chi connectivity index (χ2n) is 4.45. The van der Waals surface area contributed by atoms with Crippen molar-refractivity contribution in [2.75, 3.05) is 18.5 Å². The molecule has 4 amide bonds. The minimum absolute atomic E-state index is 0.245. The van der Waals surface area contributed by atoms with Crippen molar-refractivity contribution in [2.24, 2.45) is 0 Å². The quantitative estimate of drug-likeness (QED) is 0.805. The summed E-state index contributed by atoms with van der Waals surface area (Å²) in [4.78, 5) is 35.7. The summed E-state index contributed by atoms with van der Waals surface area (Å²) in [5, 5.41) is 10.4. The maximum absolute atomic E-state index is 13.9. The lowest BCUT2D eigenvalue weighted by atomic mass is 10.2. The molecule has 0 unspecified atom stereocenters. The Hall–Kier alpha value is -2.42. The molecule has 7 nitrogen and oxygen atoms in total. The Kier molecular flexibility index (Phi) is 4.18. The van der Waals surface area contributed by atoms with E-state index in [1.54, 1.807) is 0 Å². The van der Waals surface area contributed by atoms with Gasteiger partial charge in [-0.3, -0.25) is 4.79 Å². The molecule has 0 spiro atoms. The van der Waals surface area contributed by atoms with E-state index in [0.717, 1.165) is 24.1 Å². The molecule has 1 saturated heterocycles. The number of benzene rings is 1. The molecule has 0 saturated carbocycles. The van der Waals surface area contributed by atoms with Gasteiger partial charge in [0, 0.05) is 13.6 Å².